The molecule has 1 saturated heterocycles. The van der Waals surface area contributed by atoms with Crippen LogP contribution in [0.3, 0.4) is 0 Å². The second-order valence-corrected chi connectivity index (χ2v) is 11.2. The summed E-state index contributed by atoms with van der Waals surface area (Å²) in [4.78, 5) is 2.19. The molecule has 5 nitrogen and oxygen atoms in total. The van der Waals surface area contributed by atoms with E-state index in [1.165, 1.54) is 17.7 Å². The van der Waals surface area contributed by atoms with Crippen LogP contribution in [0.1, 0.15) is 30.7 Å². The molecule has 2 aromatic rings. The van der Waals surface area contributed by atoms with Gasteiger partial charge >= 0.3 is 0 Å². The number of nitrogens with zero attached hydrogens (tertiary/aromatic N) is 1. The van der Waals surface area contributed by atoms with Gasteiger partial charge in [0.15, 0.2) is 19.7 Å². The summed E-state index contributed by atoms with van der Waals surface area (Å²) in [6.45, 7) is 1.49. The largest absolute Gasteiger partial charge is 0.370 e. The molecular formula is C20H25NO4S2. The normalized spacial score (nSPS) is 18.9. The molecule has 0 radical (unpaired) electrons. The molecule has 146 valence electrons. The van der Waals surface area contributed by atoms with Gasteiger partial charge in [-0.2, -0.15) is 0 Å². The number of rotatable bonds is 4. The Balaban J connectivity index is 1.92. The highest BCUT2D eigenvalue weighted by Crippen LogP contribution is 2.33. The van der Waals surface area contributed by atoms with Gasteiger partial charge in [-0.05, 0) is 48.9 Å². The highest BCUT2D eigenvalue weighted by molar-refractivity contribution is 7.91. The summed E-state index contributed by atoms with van der Waals surface area (Å²) in [5.74, 6) is 0.452. The Morgan fingerprint density at radius 3 is 2.19 bits per heavy atom. The quantitative estimate of drug-likeness (QED) is 0.778. The van der Waals surface area contributed by atoms with Crippen LogP contribution in [0.4, 0.5) is 5.69 Å². The van der Waals surface area contributed by atoms with E-state index in [4.69, 9.17) is 0 Å². The summed E-state index contributed by atoms with van der Waals surface area (Å²) in [5.41, 5.74) is 1.91. The molecule has 0 aromatic heterocycles. The fourth-order valence-corrected chi connectivity index (χ4v) is 5.32. The predicted molar refractivity (Wildman–Crippen MR) is 108 cm³/mol. The molecule has 1 unspecified atom stereocenters. The van der Waals surface area contributed by atoms with Crippen molar-refractivity contribution in [2.45, 2.75) is 35.0 Å². The fourth-order valence-electron chi connectivity index (χ4n) is 3.68. The van der Waals surface area contributed by atoms with Crippen LogP contribution in [0.15, 0.2) is 58.3 Å². The highest BCUT2D eigenvalue weighted by Gasteiger charge is 2.24. The molecule has 1 heterocycles. The SMILES string of the molecule is CS(=O)(=O)c1ccc(N2CCCC(c3ccccc3)CC2)c(S(C)(=O)=O)c1. The summed E-state index contributed by atoms with van der Waals surface area (Å²) < 4.78 is 48.3. The maximum atomic E-state index is 12.3. The first kappa shape index (κ1) is 19.9. The van der Waals surface area contributed by atoms with Gasteiger partial charge in [0, 0.05) is 25.6 Å². The lowest BCUT2D eigenvalue weighted by Gasteiger charge is -2.25. The topological polar surface area (TPSA) is 71.5 Å². The van der Waals surface area contributed by atoms with E-state index in [1.807, 2.05) is 18.2 Å². The second-order valence-electron chi connectivity index (χ2n) is 7.20. The average Bonchev–Trinajstić information content (AvgIpc) is 2.86. The van der Waals surface area contributed by atoms with Gasteiger partial charge in [0.2, 0.25) is 0 Å². The van der Waals surface area contributed by atoms with Crippen molar-refractivity contribution in [2.24, 2.45) is 0 Å². The molecular weight excluding hydrogens is 382 g/mol. The third-order valence-corrected chi connectivity index (χ3v) is 7.33. The first-order chi connectivity index (χ1) is 12.7. The minimum atomic E-state index is -3.55. The Morgan fingerprint density at radius 1 is 0.852 bits per heavy atom. The molecule has 0 aliphatic carbocycles. The zero-order valence-corrected chi connectivity index (χ0v) is 17.3. The Bertz CT molecular complexity index is 1020. The van der Waals surface area contributed by atoms with E-state index in [9.17, 15) is 16.8 Å². The van der Waals surface area contributed by atoms with E-state index in [1.54, 1.807) is 6.07 Å². The molecule has 7 heteroatoms. The van der Waals surface area contributed by atoms with Gasteiger partial charge in [0.05, 0.1) is 15.5 Å². The molecule has 0 bridgehead atoms. The maximum absolute atomic E-state index is 12.3. The number of hydrogen-bond acceptors (Lipinski definition) is 5. The van der Waals surface area contributed by atoms with Crippen LogP contribution < -0.4 is 4.90 Å². The van der Waals surface area contributed by atoms with Crippen molar-refractivity contribution in [1.29, 1.82) is 0 Å². The molecule has 3 rings (SSSR count). The van der Waals surface area contributed by atoms with Crippen LogP contribution >= 0.6 is 0 Å². The van der Waals surface area contributed by atoms with E-state index in [2.05, 4.69) is 17.0 Å². The minimum absolute atomic E-state index is 0.0312. The Hall–Kier alpha value is -1.86. The highest BCUT2D eigenvalue weighted by atomic mass is 32.2. The number of sulfone groups is 2. The van der Waals surface area contributed by atoms with Crippen molar-refractivity contribution in [1.82, 2.24) is 0 Å². The van der Waals surface area contributed by atoms with Crippen molar-refractivity contribution in [2.75, 3.05) is 30.5 Å². The summed E-state index contributed by atoms with van der Waals surface area (Å²) in [7, 11) is -7.02. The minimum Gasteiger partial charge on any atom is -0.370 e. The van der Waals surface area contributed by atoms with Gasteiger partial charge in [0.1, 0.15) is 0 Å². The summed E-state index contributed by atoms with van der Waals surface area (Å²) in [5, 5.41) is 0. The molecule has 0 spiro atoms. The smallest absolute Gasteiger partial charge is 0.177 e. The van der Waals surface area contributed by atoms with Crippen LogP contribution in [0.5, 0.6) is 0 Å². The van der Waals surface area contributed by atoms with E-state index >= 15 is 0 Å². The van der Waals surface area contributed by atoms with Crippen LogP contribution in [-0.2, 0) is 19.7 Å². The van der Waals surface area contributed by atoms with Crippen LogP contribution in [0, 0.1) is 0 Å². The second kappa shape index (κ2) is 7.64. The standard InChI is InChI=1S/C20H25NO4S2/c1-26(22,23)18-10-11-19(20(15-18)27(2,24)25)21-13-6-9-17(12-14-21)16-7-4-3-5-8-16/h3-5,7-8,10-11,15,17H,6,9,12-14H2,1-2H3. The maximum Gasteiger partial charge on any atom is 0.177 e. The summed E-state index contributed by atoms with van der Waals surface area (Å²) in [6.07, 6.45) is 5.15. The predicted octanol–water partition coefficient (Wildman–Crippen LogP) is 3.27. The van der Waals surface area contributed by atoms with E-state index < -0.39 is 19.7 Å². The molecule has 1 aliphatic rings. The van der Waals surface area contributed by atoms with Gasteiger partial charge in [-0.3, -0.25) is 0 Å². The zero-order chi connectivity index (χ0) is 19.7. The van der Waals surface area contributed by atoms with Gasteiger partial charge in [-0.15, -0.1) is 0 Å². The van der Waals surface area contributed by atoms with Gasteiger partial charge < -0.3 is 4.90 Å². The molecule has 1 fully saturated rings. The lowest BCUT2D eigenvalue weighted by Crippen LogP contribution is -2.26. The van der Waals surface area contributed by atoms with Crippen molar-refractivity contribution >= 4 is 25.4 Å². The summed E-state index contributed by atoms with van der Waals surface area (Å²) in [6, 6.07) is 14.8. The van der Waals surface area contributed by atoms with Crippen LogP contribution in [0.2, 0.25) is 0 Å². The molecule has 1 atom stereocenters. The van der Waals surface area contributed by atoms with Gasteiger partial charge in [-0.25, -0.2) is 16.8 Å². The molecule has 1 aliphatic heterocycles. The van der Waals surface area contributed by atoms with Crippen molar-refractivity contribution in [3.8, 4) is 0 Å². The fraction of sp³-hybridized carbons (Fsp3) is 0.400. The first-order valence-electron chi connectivity index (χ1n) is 9.00. The van der Waals surface area contributed by atoms with Crippen LogP contribution in [-0.4, -0.2) is 42.4 Å². The third kappa shape index (κ3) is 4.71. The molecule has 0 amide bonds. The Labute approximate surface area is 161 Å². The van der Waals surface area contributed by atoms with Crippen molar-refractivity contribution < 1.29 is 16.8 Å². The molecule has 0 saturated carbocycles. The Morgan fingerprint density at radius 2 is 1.56 bits per heavy atom. The van der Waals surface area contributed by atoms with E-state index in [0.29, 0.717) is 11.6 Å². The number of anilines is 1. The zero-order valence-electron chi connectivity index (χ0n) is 15.6. The van der Waals surface area contributed by atoms with E-state index in [-0.39, 0.29) is 9.79 Å². The number of hydrogen-bond donors (Lipinski definition) is 0. The monoisotopic (exact) mass is 407 g/mol. The molecule has 27 heavy (non-hydrogen) atoms. The lowest BCUT2D eigenvalue weighted by atomic mass is 9.92. The summed E-state index contributed by atoms with van der Waals surface area (Å²) >= 11 is 0. The average molecular weight is 408 g/mol. The van der Waals surface area contributed by atoms with Gasteiger partial charge in [0.25, 0.3) is 0 Å². The number of benzene rings is 2. The van der Waals surface area contributed by atoms with Crippen molar-refractivity contribution in [3.05, 3.63) is 54.1 Å². The molecule has 0 N–H and O–H groups in total. The van der Waals surface area contributed by atoms with Crippen LogP contribution in [0.25, 0.3) is 0 Å². The van der Waals surface area contributed by atoms with E-state index in [0.717, 1.165) is 44.9 Å². The third-order valence-electron chi connectivity index (χ3n) is 5.10. The first-order valence-corrected chi connectivity index (χ1v) is 12.8. The van der Waals surface area contributed by atoms with Gasteiger partial charge in [-0.1, -0.05) is 30.3 Å². The molecule has 2 aromatic carbocycles. The Kier molecular flexibility index (Phi) is 5.63. The van der Waals surface area contributed by atoms with Crippen molar-refractivity contribution in [3.63, 3.8) is 0 Å². The lowest BCUT2D eigenvalue weighted by molar-refractivity contribution is 0.599.